The van der Waals surface area contributed by atoms with Gasteiger partial charge in [-0.1, -0.05) is 24.3 Å². The van der Waals surface area contributed by atoms with Gasteiger partial charge in [0.05, 0.1) is 30.0 Å². The lowest BCUT2D eigenvalue weighted by Gasteiger charge is -2.22. The number of hydrogen-bond acceptors (Lipinski definition) is 5. The Kier molecular flexibility index (Phi) is 6.27. The van der Waals surface area contributed by atoms with Crippen LogP contribution in [0.2, 0.25) is 0 Å². The molecule has 9 heteroatoms. The first kappa shape index (κ1) is 21.3. The average molecular weight is 424 g/mol. The summed E-state index contributed by atoms with van der Waals surface area (Å²) in [6, 6.07) is 12.2. The molecule has 0 aliphatic heterocycles. The van der Waals surface area contributed by atoms with Crippen molar-refractivity contribution in [1.29, 1.82) is 0 Å². The molecular formula is C20H20F3N2O3P. The minimum absolute atomic E-state index is 0.113. The predicted octanol–water partition coefficient (Wildman–Crippen LogP) is 5.89. The van der Waals surface area contributed by atoms with Crippen molar-refractivity contribution in [2.75, 3.05) is 18.5 Å². The molecule has 0 bridgehead atoms. The van der Waals surface area contributed by atoms with Gasteiger partial charge in [0, 0.05) is 17.3 Å². The van der Waals surface area contributed by atoms with E-state index in [1.165, 1.54) is 12.3 Å². The summed E-state index contributed by atoms with van der Waals surface area (Å²) in [4.78, 5) is 4.12. The lowest BCUT2D eigenvalue weighted by molar-refractivity contribution is -0.137. The Hall–Kier alpha value is -2.41. The number of halogens is 3. The second-order valence-corrected chi connectivity index (χ2v) is 8.07. The molecule has 0 saturated heterocycles. The molecule has 0 fully saturated rings. The molecule has 3 aromatic rings. The quantitative estimate of drug-likeness (QED) is 0.480. The van der Waals surface area contributed by atoms with Gasteiger partial charge in [-0.3, -0.25) is 9.55 Å². The third-order valence-corrected chi connectivity index (χ3v) is 6.24. The highest BCUT2D eigenvalue weighted by Gasteiger charge is 2.34. The molecule has 1 heterocycles. The number of nitrogens with zero attached hydrogens (tertiary/aromatic N) is 1. The molecule has 0 atom stereocenters. The Labute approximate surface area is 166 Å². The predicted molar refractivity (Wildman–Crippen MR) is 107 cm³/mol. The van der Waals surface area contributed by atoms with E-state index in [2.05, 4.69) is 10.3 Å². The highest BCUT2D eigenvalue weighted by molar-refractivity contribution is 7.62. The van der Waals surface area contributed by atoms with Crippen LogP contribution in [0.4, 0.5) is 24.5 Å². The first-order valence-corrected chi connectivity index (χ1v) is 10.5. The molecule has 3 rings (SSSR count). The number of anilines is 2. The van der Waals surface area contributed by atoms with Crippen LogP contribution in [0.3, 0.4) is 0 Å². The minimum Gasteiger partial charge on any atom is -0.354 e. The van der Waals surface area contributed by atoms with Crippen molar-refractivity contribution in [3.63, 3.8) is 0 Å². The molecule has 1 N–H and O–H groups in total. The highest BCUT2D eigenvalue weighted by atomic mass is 31.2. The maximum absolute atomic E-state index is 13.4. The molecule has 0 radical (unpaired) electrons. The van der Waals surface area contributed by atoms with E-state index < -0.39 is 19.3 Å². The van der Waals surface area contributed by atoms with Crippen LogP contribution in [0, 0.1) is 0 Å². The summed E-state index contributed by atoms with van der Waals surface area (Å²) in [5.41, 5.74) is 0.302. The molecular weight excluding hydrogens is 404 g/mol. The molecule has 5 nitrogen and oxygen atoms in total. The number of rotatable bonds is 7. The molecule has 0 amide bonds. The molecule has 0 unspecified atom stereocenters. The van der Waals surface area contributed by atoms with Gasteiger partial charge in [-0.05, 0) is 38.1 Å². The van der Waals surface area contributed by atoms with E-state index in [1.807, 2.05) is 6.07 Å². The Bertz CT molecular complexity index is 1030. The molecule has 154 valence electrons. The van der Waals surface area contributed by atoms with Crippen LogP contribution in [0.25, 0.3) is 10.9 Å². The summed E-state index contributed by atoms with van der Waals surface area (Å²) in [5, 5.41) is 3.68. The monoisotopic (exact) mass is 424 g/mol. The summed E-state index contributed by atoms with van der Waals surface area (Å²) in [7, 11) is -3.74. The van der Waals surface area contributed by atoms with Crippen molar-refractivity contribution in [2.24, 2.45) is 0 Å². The molecule has 0 aliphatic rings. The fraction of sp³-hybridized carbons (Fsp3) is 0.250. The van der Waals surface area contributed by atoms with Gasteiger partial charge in [0.25, 0.3) is 0 Å². The van der Waals surface area contributed by atoms with E-state index in [4.69, 9.17) is 9.05 Å². The van der Waals surface area contributed by atoms with Crippen molar-refractivity contribution >= 4 is 35.2 Å². The van der Waals surface area contributed by atoms with Gasteiger partial charge in [0.15, 0.2) is 0 Å². The largest absolute Gasteiger partial charge is 0.416 e. The maximum atomic E-state index is 13.4. The zero-order valence-electron chi connectivity index (χ0n) is 15.9. The normalized spacial score (nSPS) is 12.3. The molecule has 1 aromatic heterocycles. The van der Waals surface area contributed by atoms with E-state index in [9.17, 15) is 17.7 Å². The maximum Gasteiger partial charge on any atom is 0.416 e. The van der Waals surface area contributed by atoms with Crippen molar-refractivity contribution in [3.8, 4) is 0 Å². The standard InChI is InChI=1S/C20H20F3N2O3P/c1-3-27-29(26,28-4-2)18-13-24-17-12-14(20(21,22)23)10-11-16(17)19(18)25-15-8-6-5-7-9-15/h5-13H,3-4H2,1-2H3,(H,24,25). The van der Waals surface area contributed by atoms with Gasteiger partial charge in [-0.25, -0.2) is 0 Å². The third kappa shape index (κ3) is 4.61. The van der Waals surface area contributed by atoms with Crippen molar-refractivity contribution in [3.05, 3.63) is 60.3 Å². The number of aromatic nitrogens is 1. The Morgan fingerprint density at radius 2 is 1.69 bits per heavy atom. The van der Waals surface area contributed by atoms with Crippen LogP contribution < -0.4 is 10.6 Å². The van der Waals surface area contributed by atoms with Gasteiger partial charge in [0.2, 0.25) is 0 Å². The van der Waals surface area contributed by atoms with Crippen LogP contribution in [0.15, 0.2) is 54.7 Å². The van der Waals surface area contributed by atoms with Crippen LogP contribution in [-0.4, -0.2) is 18.2 Å². The summed E-state index contributed by atoms with van der Waals surface area (Å²) < 4.78 is 63.6. The number of nitrogens with one attached hydrogen (secondary N) is 1. The van der Waals surface area contributed by atoms with Gasteiger partial charge < -0.3 is 14.4 Å². The molecule has 0 aliphatic carbocycles. The zero-order chi connectivity index (χ0) is 21.1. The second-order valence-electron chi connectivity index (χ2n) is 6.07. The SMILES string of the molecule is CCOP(=O)(OCC)c1cnc2cc(C(F)(F)F)ccc2c1Nc1ccccc1. The first-order valence-electron chi connectivity index (χ1n) is 9.00. The van der Waals surface area contributed by atoms with E-state index in [0.29, 0.717) is 16.8 Å². The molecule has 29 heavy (non-hydrogen) atoms. The van der Waals surface area contributed by atoms with E-state index in [-0.39, 0.29) is 24.0 Å². The number of para-hydroxylation sites is 1. The van der Waals surface area contributed by atoms with Crippen LogP contribution in [-0.2, 0) is 19.8 Å². The van der Waals surface area contributed by atoms with E-state index in [1.54, 1.807) is 38.1 Å². The number of pyridine rings is 1. The van der Waals surface area contributed by atoms with Gasteiger partial charge in [0.1, 0.15) is 5.30 Å². The Balaban J connectivity index is 2.24. The average Bonchev–Trinajstić information content (AvgIpc) is 2.68. The van der Waals surface area contributed by atoms with Crippen LogP contribution in [0.5, 0.6) is 0 Å². The Morgan fingerprint density at radius 1 is 1.03 bits per heavy atom. The second kappa shape index (κ2) is 8.53. The molecule has 2 aromatic carbocycles. The molecule has 0 spiro atoms. The number of alkyl halides is 3. The highest BCUT2D eigenvalue weighted by Crippen LogP contribution is 2.50. The number of hydrogen-bond donors (Lipinski definition) is 1. The van der Waals surface area contributed by atoms with Crippen molar-refractivity contribution < 1.29 is 26.8 Å². The smallest absolute Gasteiger partial charge is 0.354 e. The lowest BCUT2D eigenvalue weighted by Crippen LogP contribution is -2.16. The minimum atomic E-state index is -4.49. The number of benzene rings is 2. The van der Waals surface area contributed by atoms with Crippen molar-refractivity contribution in [2.45, 2.75) is 20.0 Å². The number of fused-ring (bicyclic) bond motifs is 1. The molecule has 0 saturated carbocycles. The lowest BCUT2D eigenvalue weighted by atomic mass is 10.1. The summed E-state index contributed by atoms with van der Waals surface area (Å²) in [5.74, 6) is 0. The first-order chi connectivity index (χ1) is 13.8. The third-order valence-electron chi connectivity index (χ3n) is 4.11. The van der Waals surface area contributed by atoms with Crippen LogP contribution in [0.1, 0.15) is 19.4 Å². The summed E-state index contributed by atoms with van der Waals surface area (Å²) >= 11 is 0. The summed E-state index contributed by atoms with van der Waals surface area (Å²) in [6.07, 6.45) is -3.24. The topological polar surface area (TPSA) is 60.5 Å². The van der Waals surface area contributed by atoms with E-state index >= 15 is 0 Å². The summed E-state index contributed by atoms with van der Waals surface area (Å²) in [6.45, 7) is 3.63. The van der Waals surface area contributed by atoms with Gasteiger partial charge >= 0.3 is 13.8 Å². The fourth-order valence-electron chi connectivity index (χ4n) is 2.88. The van der Waals surface area contributed by atoms with E-state index in [0.717, 1.165) is 12.1 Å². The Morgan fingerprint density at radius 3 is 2.28 bits per heavy atom. The van der Waals surface area contributed by atoms with Crippen molar-refractivity contribution in [1.82, 2.24) is 4.98 Å². The van der Waals surface area contributed by atoms with Crippen LogP contribution >= 0.6 is 7.60 Å². The van der Waals surface area contributed by atoms with Gasteiger partial charge in [-0.15, -0.1) is 0 Å². The van der Waals surface area contributed by atoms with Gasteiger partial charge in [-0.2, -0.15) is 13.2 Å². The zero-order valence-corrected chi connectivity index (χ0v) is 16.8. The fourth-order valence-corrected chi connectivity index (χ4v) is 4.56.